The number of nitrogens with zero attached hydrogens (tertiary/aromatic N) is 2. The molecule has 196 valence electrons. The van der Waals surface area contributed by atoms with Crippen molar-refractivity contribution >= 4 is 61.9 Å². The zero-order valence-corrected chi connectivity index (χ0v) is 23.3. The van der Waals surface area contributed by atoms with Crippen molar-refractivity contribution in [3.63, 3.8) is 0 Å². The van der Waals surface area contributed by atoms with Crippen molar-refractivity contribution in [3.05, 3.63) is 94.4 Å². The Bertz CT molecular complexity index is 1610. The maximum Gasteiger partial charge on any atom is 0.229 e. The molecule has 0 aliphatic carbocycles. The average molecular weight is 590 g/mol. The lowest BCUT2D eigenvalue weighted by Crippen LogP contribution is -2.29. The van der Waals surface area contributed by atoms with Gasteiger partial charge in [0, 0.05) is 23.5 Å². The van der Waals surface area contributed by atoms with Crippen LogP contribution in [0.2, 0.25) is 10.0 Å². The van der Waals surface area contributed by atoms with E-state index in [-0.39, 0.29) is 6.04 Å². The van der Waals surface area contributed by atoms with Gasteiger partial charge in [-0.3, -0.25) is 9.71 Å². The number of hydrogen-bond donors (Lipinski definition) is 2. The van der Waals surface area contributed by atoms with Crippen LogP contribution in [0.1, 0.15) is 23.5 Å². The molecule has 2 atom stereocenters. The number of thiocarbonyl (C=S) groups is 1. The highest BCUT2D eigenvalue weighted by atomic mass is 35.5. The van der Waals surface area contributed by atoms with Gasteiger partial charge in [-0.25, -0.2) is 8.42 Å². The van der Waals surface area contributed by atoms with Crippen LogP contribution in [0.4, 0.5) is 11.4 Å². The molecule has 3 heterocycles. The normalized spacial score (nSPS) is 17.4. The third-order valence-electron chi connectivity index (χ3n) is 5.98. The van der Waals surface area contributed by atoms with E-state index in [1.165, 1.54) is 7.11 Å². The highest BCUT2D eigenvalue weighted by Crippen LogP contribution is 2.44. The first-order valence-corrected chi connectivity index (χ1v) is 14.4. The van der Waals surface area contributed by atoms with Gasteiger partial charge in [0.25, 0.3) is 0 Å². The number of methoxy groups -OCH3 is 1. The van der Waals surface area contributed by atoms with Crippen LogP contribution in [0, 0.1) is 0 Å². The Kier molecular flexibility index (Phi) is 7.23. The number of benzene rings is 2. The predicted octanol–water partition coefficient (Wildman–Crippen LogP) is 6.21. The molecule has 5 rings (SSSR count). The van der Waals surface area contributed by atoms with Crippen LogP contribution in [0.25, 0.3) is 11.3 Å². The minimum Gasteiger partial charge on any atom is -0.494 e. The smallest absolute Gasteiger partial charge is 0.229 e. The molecule has 1 fully saturated rings. The van der Waals surface area contributed by atoms with Crippen molar-refractivity contribution < 1.29 is 17.6 Å². The van der Waals surface area contributed by atoms with Crippen molar-refractivity contribution in [2.24, 2.45) is 0 Å². The monoisotopic (exact) mass is 588 g/mol. The van der Waals surface area contributed by atoms with Gasteiger partial charge < -0.3 is 19.4 Å². The molecular weight excluding hydrogens is 567 g/mol. The number of pyridine rings is 1. The molecule has 0 amide bonds. The van der Waals surface area contributed by atoms with Gasteiger partial charge in [-0.15, -0.1) is 0 Å². The molecular formula is C26H22Cl2N4O4S2. The number of halogens is 2. The first kappa shape index (κ1) is 26.3. The van der Waals surface area contributed by atoms with Gasteiger partial charge in [0.2, 0.25) is 10.0 Å². The van der Waals surface area contributed by atoms with E-state index < -0.39 is 16.1 Å². The molecule has 2 aromatic carbocycles. The van der Waals surface area contributed by atoms with Crippen molar-refractivity contribution in [2.45, 2.75) is 12.1 Å². The zero-order valence-electron chi connectivity index (χ0n) is 20.2. The molecule has 8 nitrogen and oxygen atoms in total. The summed E-state index contributed by atoms with van der Waals surface area (Å²) in [5, 5.41) is 4.70. The molecule has 0 saturated carbocycles. The lowest BCUT2D eigenvalue weighted by atomic mass is 10.0. The number of aromatic nitrogens is 1. The minimum absolute atomic E-state index is 0.314. The quantitative estimate of drug-likeness (QED) is 0.246. The van der Waals surface area contributed by atoms with E-state index in [9.17, 15) is 8.42 Å². The van der Waals surface area contributed by atoms with Crippen LogP contribution in [-0.4, -0.2) is 31.9 Å². The summed E-state index contributed by atoms with van der Waals surface area (Å²) in [6, 6.07) is 19.1. The Hall–Kier alpha value is -3.31. The largest absolute Gasteiger partial charge is 0.494 e. The Morgan fingerprint density at radius 3 is 2.58 bits per heavy atom. The fourth-order valence-corrected chi connectivity index (χ4v) is 5.56. The molecule has 2 N–H and O–H groups in total. The molecule has 1 saturated heterocycles. The number of rotatable bonds is 7. The average Bonchev–Trinajstić information content (AvgIpc) is 3.50. The number of anilines is 2. The summed E-state index contributed by atoms with van der Waals surface area (Å²) in [5.74, 6) is 1.58. The predicted molar refractivity (Wildman–Crippen MR) is 154 cm³/mol. The maximum absolute atomic E-state index is 11.8. The van der Waals surface area contributed by atoms with Crippen LogP contribution >= 0.6 is 35.4 Å². The van der Waals surface area contributed by atoms with E-state index in [4.69, 9.17) is 44.6 Å². The standard InChI is InChI=1S/C26H22Cl2N4O4S2/c1-35-23-14-16(7-9-19(23)31-38(2,33)34)32-25(24(30-26(32)37)20-5-3-4-12-29-20)22-11-10-21(36-22)15-6-8-17(27)18(28)13-15/h3-14,24-25,31H,1-2H3,(H,30,37). The zero-order chi connectivity index (χ0) is 27.0. The summed E-state index contributed by atoms with van der Waals surface area (Å²) < 4.78 is 37.9. The summed E-state index contributed by atoms with van der Waals surface area (Å²) in [6.07, 6.45) is 2.80. The van der Waals surface area contributed by atoms with Gasteiger partial charge in [-0.1, -0.05) is 29.3 Å². The van der Waals surface area contributed by atoms with E-state index in [0.29, 0.717) is 43.8 Å². The number of hydrogen-bond acceptors (Lipinski definition) is 6. The van der Waals surface area contributed by atoms with E-state index >= 15 is 0 Å². The SMILES string of the molecule is COc1cc(N2C(=S)NC(c3ccccn3)C2c2ccc(-c3ccc(Cl)c(Cl)c3)o2)ccc1NS(C)(=O)=O. The lowest BCUT2D eigenvalue weighted by molar-refractivity contribution is 0.416. The highest BCUT2D eigenvalue weighted by Gasteiger charge is 2.42. The Morgan fingerprint density at radius 2 is 1.89 bits per heavy atom. The first-order chi connectivity index (χ1) is 18.1. The van der Waals surface area contributed by atoms with Crippen molar-refractivity contribution in [2.75, 3.05) is 23.0 Å². The molecule has 1 aliphatic rings. The Morgan fingerprint density at radius 1 is 1.08 bits per heavy atom. The van der Waals surface area contributed by atoms with Crippen molar-refractivity contribution in [3.8, 4) is 17.1 Å². The fourth-order valence-electron chi connectivity index (χ4n) is 4.35. The second-order valence-corrected chi connectivity index (χ2v) is 11.5. The third-order valence-corrected chi connectivity index (χ3v) is 7.62. The lowest BCUT2D eigenvalue weighted by Gasteiger charge is -2.27. The number of furan rings is 1. The summed E-state index contributed by atoms with van der Waals surface area (Å²) >= 11 is 18.1. The van der Waals surface area contributed by atoms with Crippen molar-refractivity contribution in [1.82, 2.24) is 10.3 Å². The van der Waals surface area contributed by atoms with Crippen LogP contribution in [0.3, 0.4) is 0 Å². The highest BCUT2D eigenvalue weighted by molar-refractivity contribution is 7.92. The van der Waals surface area contributed by atoms with Gasteiger partial charge >= 0.3 is 0 Å². The van der Waals surface area contributed by atoms with E-state index in [0.717, 1.165) is 17.5 Å². The second-order valence-electron chi connectivity index (χ2n) is 8.59. The minimum atomic E-state index is -3.50. The van der Waals surface area contributed by atoms with Crippen LogP contribution in [0.5, 0.6) is 5.75 Å². The molecule has 0 spiro atoms. The van der Waals surface area contributed by atoms with Gasteiger partial charge in [-0.2, -0.15) is 0 Å². The Balaban J connectivity index is 1.59. The van der Waals surface area contributed by atoms with Gasteiger partial charge in [0.15, 0.2) is 5.11 Å². The molecule has 4 aromatic rings. The second kappa shape index (κ2) is 10.5. The van der Waals surface area contributed by atoms with Gasteiger partial charge in [-0.05, 0) is 66.8 Å². The van der Waals surface area contributed by atoms with Crippen LogP contribution in [0.15, 0.2) is 77.3 Å². The maximum atomic E-state index is 11.8. The molecule has 38 heavy (non-hydrogen) atoms. The third kappa shape index (κ3) is 5.30. The van der Waals surface area contributed by atoms with Crippen molar-refractivity contribution in [1.29, 1.82) is 0 Å². The number of nitrogens with one attached hydrogen (secondary N) is 2. The topological polar surface area (TPSA) is 96.7 Å². The van der Waals surface area contributed by atoms with Gasteiger partial charge in [0.05, 0.1) is 40.8 Å². The number of ether oxygens (including phenoxy) is 1. The Labute approximate surface area is 235 Å². The molecule has 2 unspecified atom stereocenters. The van der Waals surface area contributed by atoms with E-state index in [1.807, 2.05) is 41.3 Å². The molecule has 12 heteroatoms. The summed E-state index contributed by atoms with van der Waals surface area (Å²) in [4.78, 5) is 6.45. The molecule has 0 bridgehead atoms. The van der Waals surface area contributed by atoms with Gasteiger partial charge in [0.1, 0.15) is 23.3 Å². The number of sulfonamides is 1. The van der Waals surface area contributed by atoms with Crippen LogP contribution < -0.4 is 19.7 Å². The summed E-state index contributed by atoms with van der Waals surface area (Å²) in [6.45, 7) is 0. The summed E-state index contributed by atoms with van der Waals surface area (Å²) in [5.41, 5.74) is 2.54. The molecule has 0 radical (unpaired) electrons. The van der Waals surface area contributed by atoms with Crippen LogP contribution in [-0.2, 0) is 10.0 Å². The fraction of sp³-hybridized carbons (Fsp3) is 0.154. The van der Waals surface area contributed by atoms with E-state index in [1.54, 1.807) is 36.5 Å². The first-order valence-electron chi connectivity index (χ1n) is 11.4. The molecule has 1 aliphatic heterocycles. The van der Waals surface area contributed by atoms with E-state index in [2.05, 4.69) is 15.0 Å². The summed E-state index contributed by atoms with van der Waals surface area (Å²) in [7, 11) is -2.03. The molecule has 2 aromatic heterocycles.